The zero-order chi connectivity index (χ0) is 39.9. The van der Waals surface area contributed by atoms with E-state index in [0.29, 0.717) is 0 Å². The Kier molecular flexibility index (Phi) is 6.94. The van der Waals surface area contributed by atoms with Gasteiger partial charge in [0.1, 0.15) is 6.33 Å². The number of hydrogen-bond acceptors (Lipinski definition) is 2. The lowest BCUT2D eigenvalue weighted by atomic mass is 9.34. The second kappa shape index (κ2) is 11.9. The average Bonchev–Trinajstić information content (AvgIpc) is 3.78. The molecular formula is C54H43BN4. The van der Waals surface area contributed by atoms with E-state index in [9.17, 15) is 0 Å². The topological polar surface area (TPSA) is 35.6 Å². The molecule has 5 heterocycles. The molecule has 0 radical (unpaired) electrons. The molecule has 0 N–H and O–H groups in total. The summed E-state index contributed by atoms with van der Waals surface area (Å²) in [6, 6.07) is 52.8. The smallest absolute Gasteiger partial charge is 0.252 e. The Morgan fingerprint density at radius 2 is 0.983 bits per heavy atom. The number of rotatable bonds is 3. The second-order valence-corrected chi connectivity index (χ2v) is 18.7. The fourth-order valence-electron chi connectivity index (χ4n) is 10.3. The Labute approximate surface area is 344 Å². The molecule has 7 aromatic carbocycles. The summed E-state index contributed by atoms with van der Waals surface area (Å²) in [5, 5.41) is 5.20. The Morgan fingerprint density at radius 1 is 0.492 bits per heavy atom. The van der Waals surface area contributed by atoms with Crippen LogP contribution in [0.1, 0.15) is 52.7 Å². The van der Waals surface area contributed by atoms with Crippen molar-refractivity contribution in [2.24, 2.45) is 0 Å². The van der Waals surface area contributed by atoms with Crippen molar-refractivity contribution < 1.29 is 0 Å². The first-order chi connectivity index (χ1) is 28.6. The van der Waals surface area contributed by atoms with Gasteiger partial charge in [0.25, 0.3) is 6.71 Å². The molecule has 5 heteroatoms. The highest BCUT2D eigenvalue weighted by molar-refractivity contribution is 7.00. The third kappa shape index (κ3) is 4.79. The Morgan fingerprint density at radius 3 is 1.42 bits per heavy atom. The molecule has 59 heavy (non-hydrogen) atoms. The standard InChI is InChI=1S/C54H43BN4/c1-53(2,3)35-17-23-44-39(29-35)48-37(32-13-9-7-10-14-32)19-21-41-51(48)58(44)46-27-34(43-25-26-56-31-57-43)28-47-50(46)55(41)42-22-20-38(33-15-11-8-12-16-33)49-40-30-36(54(4,5)6)18-24-45(40)59(47)52(42)49/h7-31H,1-6H3. The van der Waals surface area contributed by atoms with E-state index in [2.05, 4.69) is 189 Å². The van der Waals surface area contributed by atoms with Crippen LogP contribution in [0.4, 0.5) is 0 Å². The van der Waals surface area contributed by atoms with Crippen LogP contribution in [0.15, 0.2) is 152 Å². The highest BCUT2D eigenvalue weighted by Gasteiger charge is 2.42. The molecular weight excluding hydrogens is 715 g/mol. The summed E-state index contributed by atoms with van der Waals surface area (Å²) < 4.78 is 5.17. The van der Waals surface area contributed by atoms with Crippen LogP contribution in [-0.4, -0.2) is 25.8 Å². The summed E-state index contributed by atoms with van der Waals surface area (Å²) in [7, 11) is 0. The molecule has 0 atom stereocenters. The molecule has 0 fully saturated rings. The number of nitrogens with zero attached hydrogens (tertiary/aromatic N) is 4. The predicted octanol–water partition coefficient (Wildman–Crippen LogP) is 11.4. The molecule has 0 spiro atoms. The summed E-state index contributed by atoms with van der Waals surface area (Å²) >= 11 is 0. The molecule has 10 aromatic rings. The number of hydrogen-bond donors (Lipinski definition) is 0. The van der Waals surface area contributed by atoms with Gasteiger partial charge >= 0.3 is 0 Å². The maximum atomic E-state index is 4.85. The first-order valence-corrected chi connectivity index (χ1v) is 20.9. The van der Waals surface area contributed by atoms with Gasteiger partial charge in [-0.25, -0.2) is 9.97 Å². The summed E-state index contributed by atoms with van der Waals surface area (Å²) in [6.45, 7) is 13.9. The highest BCUT2D eigenvalue weighted by atomic mass is 15.0. The van der Waals surface area contributed by atoms with E-state index >= 15 is 0 Å². The molecule has 0 bridgehead atoms. The van der Waals surface area contributed by atoms with Crippen LogP contribution in [-0.2, 0) is 10.8 Å². The second-order valence-electron chi connectivity index (χ2n) is 18.7. The first kappa shape index (κ1) is 34.3. The fraction of sp³-hybridized carbons (Fsp3) is 0.148. The largest absolute Gasteiger partial charge is 0.310 e. The lowest BCUT2D eigenvalue weighted by molar-refractivity contribution is 0.591. The molecule has 12 rings (SSSR count). The van der Waals surface area contributed by atoms with Gasteiger partial charge in [0.2, 0.25) is 0 Å². The lowest BCUT2D eigenvalue weighted by Gasteiger charge is -2.34. The summed E-state index contributed by atoms with van der Waals surface area (Å²) in [4.78, 5) is 9.18. The molecule has 4 nitrogen and oxygen atoms in total. The maximum absolute atomic E-state index is 4.85. The summed E-state index contributed by atoms with van der Waals surface area (Å²) in [5.41, 5.74) is 21.1. The third-order valence-corrected chi connectivity index (χ3v) is 13.2. The summed E-state index contributed by atoms with van der Waals surface area (Å²) in [5.74, 6) is 0. The van der Waals surface area contributed by atoms with Gasteiger partial charge in [-0.05, 0) is 103 Å². The van der Waals surface area contributed by atoms with Gasteiger partial charge in [0.15, 0.2) is 0 Å². The van der Waals surface area contributed by atoms with E-state index in [1.807, 2.05) is 12.3 Å². The van der Waals surface area contributed by atoms with Crippen LogP contribution in [0, 0.1) is 0 Å². The van der Waals surface area contributed by atoms with E-state index in [-0.39, 0.29) is 17.5 Å². The minimum absolute atomic E-state index is 0.00637. The van der Waals surface area contributed by atoms with Crippen molar-refractivity contribution in [3.05, 3.63) is 163 Å². The average molecular weight is 759 g/mol. The minimum atomic E-state index is -0.00637. The third-order valence-electron chi connectivity index (χ3n) is 13.2. The van der Waals surface area contributed by atoms with Crippen LogP contribution in [0.5, 0.6) is 0 Å². The van der Waals surface area contributed by atoms with Crippen LogP contribution >= 0.6 is 0 Å². The monoisotopic (exact) mass is 758 g/mol. The SMILES string of the molecule is CC(C)(C)c1ccc2c(c1)c1c(-c3ccccc3)ccc3c1n2-c1cc(-c2ccncn2)cc2c1B3c1ccc(-c3ccccc3)c3c4cc(C(C)(C)C)ccc4n-2c13. The van der Waals surface area contributed by atoms with Gasteiger partial charge in [0.05, 0.1) is 16.7 Å². The van der Waals surface area contributed by atoms with E-state index in [1.165, 1.54) is 105 Å². The molecule has 0 aliphatic carbocycles. The van der Waals surface area contributed by atoms with Gasteiger partial charge in [-0.3, -0.25) is 0 Å². The quantitative estimate of drug-likeness (QED) is 0.168. The number of aromatic nitrogens is 4. The van der Waals surface area contributed by atoms with E-state index in [0.717, 1.165) is 11.3 Å². The highest BCUT2D eigenvalue weighted by Crippen LogP contribution is 2.46. The van der Waals surface area contributed by atoms with Gasteiger partial charge in [-0.1, -0.05) is 139 Å². The zero-order valence-corrected chi connectivity index (χ0v) is 34.3. The van der Waals surface area contributed by atoms with Crippen LogP contribution < -0.4 is 16.4 Å². The van der Waals surface area contributed by atoms with E-state index in [4.69, 9.17) is 4.98 Å². The molecule has 282 valence electrons. The van der Waals surface area contributed by atoms with Crippen molar-refractivity contribution in [1.82, 2.24) is 19.1 Å². The molecule has 3 aromatic heterocycles. The molecule has 2 aliphatic rings. The molecule has 0 saturated carbocycles. The van der Waals surface area contributed by atoms with Crippen molar-refractivity contribution in [2.75, 3.05) is 0 Å². The molecule has 0 saturated heterocycles. The Bertz CT molecular complexity index is 3180. The number of fused-ring (bicyclic) bond motifs is 10. The lowest BCUT2D eigenvalue weighted by Crippen LogP contribution is -2.59. The van der Waals surface area contributed by atoms with Crippen LogP contribution in [0.25, 0.3) is 88.5 Å². The van der Waals surface area contributed by atoms with Crippen LogP contribution in [0.2, 0.25) is 0 Å². The molecule has 2 aliphatic heterocycles. The first-order valence-electron chi connectivity index (χ1n) is 20.9. The molecule has 0 amide bonds. The van der Waals surface area contributed by atoms with Crippen molar-refractivity contribution in [3.63, 3.8) is 0 Å². The van der Waals surface area contributed by atoms with Crippen molar-refractivity contribution >= 4 is 66.7 Å². The van der Waals surface area contributed by atoms with Gasteiger partial charge in [-0.2, -0.15) is 0 Å². The maximum Gasteiger partial charge on any atom is 0.252 e. The van der Waals surface area contributed by atoms with Crippen molar-refractivity contribution in [2.45, 2.75) is 52.4 Å². The van der Waals surface area contributed by atoms with Crippen molar-refractivity contribution in [1.29, 1.82) is 0 Å². The predicted molar refractivity (Wildman–Crippen MR) is 249 cm³/mol. The van der Waals surface area contributed by atoms with Gasteiger partial charge in [-0.15, -0.1) is 0 Å². The van der Waals surface area contributed by atoms with E-state index < -0.39 is 0 Å². The summed E-state index contributed by atoms with van der Waals surface area (Å²) in [6.07, 6.45) is 3.52. The Balaban J connectivity index is 1.30. The Hall–Kier alpha value is -6.72. The van der Waals surface area contributed by atoms with Gasteiger partial charge in [0, 0.05) is 55.7 Å². The molecule has 0 unspecified atom stereocenters. The van der Waals surface area contributed by atoms with E-state index in [1.54, 1.807) is 6.33 Å². The number of benzene rings is 7. The normalized spacial score (nSPS) is 13.2. The van der Waals surface area contributed by atoms with Crippen molar-refractivity contribution in [3.8, 4) is 44.9 Å². The van der Waals surface area contributed by atoms with Gasteiger partial charge < -0.3 is 9.13 Å². The fourth-order valence-corrected chi connectivity index (χ4v) is 10.3. The zero-order valence-electron chi connectivity index (χ0n) is 34.3. The minimum Gasteiger partial charge on any atom is -0.310 e. The van der Waals surface area contributed by atoms with Crippen LogP contribution in [0.3, 0.4) is 0 Å².